The van der Waals surface area contributed by atoms with Gasteiger partial charge in [-0.25, -0.2) is 4.39 Å². The van der Waals surface area contributed by atoms with Gasteiger partial charge in [0.2, 0.25) is 11.8 Å². The van der Waals surface area contributed by atoms with Gasteiger partial charge in [0.15, 0.2) is 0 Å². The van der Waals surface area contributed by atoms with E-state index in [9.17, 15) is 14.0 Å². The average Bonchev–Trinajstić information content (AvgIpc) is 3.09. The smallest absolute Gasteiger partial charge is 0.246 e. The zero-order valence-electron chi connectivity index (χ0n) is 18.2. The Morgan fingerprint density at radius 2 is 1.90 bits per heavy atom. The molecule has 2 amide bonds. The number of alkyl halides is 2. The fraction of sp³-hybridized carbons (Fsp3) is 0.909. The molecule has 6 fully saturated rings. The standard InChI is InChI=1S/C22H34ClFN4O3/c1-13-4-5-28-8-17(25-18(28)6-13)20(30)27-22-10-21(11-22,12-22)26-19(29)9-31-14-2-3-15(23)16(24)7-14/h13-18,25H,2-12H2,1H3,(H,26,29)(H,27,30). The van der Waals surface area contributed by atoms with Gasteiger partial charge in [-0.15, -0.1) is 11.6 Å². The first-order chi connectivity index (χ1) is 14.7. The number of halogens is 2. The number of hydrogen-bond donors (Lipinski definition) is 3. The number of rotatable bonds is 6. The number of amides is 2. The Labute approximate surface area is 188 Å². The van der Waals surface area contributed by atoms with Crippen LogP contribution in [0.25, 0.3) is 0 Å². The highest BCUT2D eigenvalue weighted by Crippen LogP contribution is 2.60. The summed E-state index contributed by atoms with van der Waals surface area (Å²) in [4.78, 5) is 27.5. The monoisotopic (exact) mass is 456 g/mol. The topological polar surface area (TPSA) is 82.7 Å². The highest BCUT2D eigenvalue weighted by molar-refractivity contribution is 6.21. The van der Waals surface area contributed by atoms with E-state index in [1.54, 1.807) is 0 Å². The lowest BCUT2D eigenvalue weighted by Gasteiger charge is -2.70. The van der Waals surface area contributed by atoms with Crippen molar-refractivity contribution in [2.24, 2.45) is 5.92 Å². The molecule has 4 aliphatic carbocycles. The lowest BCUT2D eigenvalue weighted by molar-refractivity contribution is -0.153. The summed E-state index contributed by atoms with van der Waals surface area (Å²) < 4.78 is 19.3. The maximum atomic E-state index is 13.7. The van der Waals surface area contributed by atoms with Crippen molar-refractivity contribution in [3.05, 3.63) is 0 Å². The van der Waals surface area contributed by atoms with Gasteiger partial charge in [-0.3, -0.25) is 19.8 Å². The van der Waals surface area contributed by atoms with Gasteiger partial charge in [0.25, 0.3) is 0 Å². The summed E-state index contributed by atoms with van der Waals surface area (Å²) in [6, 6.07) is -0.148. The second-order valence-electron chi connectivity index (χ2n) is 10.8. The summed E-state index contributed by atoms with van der Waals surface area (Å²) >= 11 is 5.90. The molecular weight excluding hydrogens is 423 g/mol. The van der Waals surface area contributed by atoms with Gasteiger partial charge in [0, 0.05) is 24.0 Å². The van der Waals surface area contributed by atoms with E-state index in [0.29, 0.717) is 24.9 Å². The van der Waals surface area contributed by atoms with Gasteiger partial charge in [-0.2, -0.15) is 0 Å². The fourth-order valence-corrected chi connectivity index (χ4v) is 6.61. The second kappa shape index (κ2) is 8.12. The third kappa shape index (κ3) is 4.33. The van der Waals surface area contributed by atoms with E-state index in [4.69, 9.17) is 16.3 Å². The minimum Gasteiger partial charge on any atom is -0.368 e. The molecule has 3 N–H and O–H groups in total. The summed E-state index contributed by atoms with van der Waals surface area (Å²) in [6.07, 6.45) is 5.17. The largest absolute Gasteiger partial charge is 0.368 e. The van der Waals surface area contributed by atoms with Crippen LogP contribution in [-0.4, -0.2) is 77.3 Å². The molecule has 2 saturated heterocycles. The van der Waals surface area contributed by atoms with Crippen LogP contribution in [-0.2, 0) is 14.3 Å². The summed E-state index contributed by atoms with van der Waals surface area (Å²) in [5.41, 5.74) is -0.371. The highest BCUT2D eigenvalue weighted by atomic mass is 35.5. The quantitative estimate of drug-likeness (QED) is 0.527. The van der Waals surface area contributed by atoms with Crippen molar-refractivity contribution in [3.63, 3.8) is 0 Å². The van der Waals surface area contributed by atoms with Crippen LogP contribution < -0.4 is 16.0 Å². The number of piperidine rings is 1. The first-order valence-electron chi connectivity index (χ1n) is 11.8. The van der Waals surface area contributed by atoms with Crippen molar-refractivity contribution in [2.75, 3.05) is 19.7 Å². The van der Waals surface area contributed by atoms with Crippen LogP contribution in [0.15, 0.2) is 0 Å². The SMILES string of the molecule is CC1CCN2CC(C(=O)NC34CC(NC(=O)COC5CCC(Cl)C(F)C5)(C3)C4)NC2C1. The van der Waals surface area contributed by atoms with Crippen LogP contribution >= 0.6 is 11.6 Å². The van der Waals surface area contributed by atoms with E-state index in [1.165, 1.54) is 6.42 Å². The Kier molecular flexibility index (Phi) is 5.72. The molecule has 6 rings (SSSR count). The van der Waals surface area contributed by atoms with Crippen molar-refractivity contribution in [1.82, 2.24) is 20.9 Å². The molecule has 0 aromatic heterocycles. The Balaban J connectivity index is 1.02. The van der Waals surface area contributed by atoms with Crippen molar-refractivity contribution >= 4 is 23.4 Å². The van der Waals surface area contributed by atoms with Crippen molar-refractivity contribution in [2.45, 2.75) is 99.2 Å². The number of nitrogens with one attached hydrogen (secondary N) is 3. The van der Waals surface area contributed by atoms with Gasteiger partial charge in [0.1, 0.15) is 18.8 Å². The normalized spacial score (nSPS) is 46.4. The Hall–Kier alpha value is -0.960. The van der Waals surface area contributed by atoms with Gasteiger partial charge in [-0.05, 0) is 57.4 Å². The first-order valence-corrected chi connectivity index (χ1v) is 12.2. The van der Waals surface area contributed by atoms with E-state index in [1.807, 2.05) is 0 Å². The molecule has 2 aliphatic heterocycles. The molecule has 6 aliphatic rings. The number of carbonyl (C=O) groups is 2. The average molecular weight is 457 g/mol. The maximum absolute atomic E-state index is 13.7. The number of carbonyl (C=O) groups excluding carboxylic acids is 2. The van der Waals surface area contributed by atoms with Crippen LogP contribution in [0.3, 0.4) is 0 Å². The molecule has 7 nitrogen and oxygen atoms in total. The maximum Gasteiger partial charge on any atom is 0.246 e. The van der Waals surface area contributed by atoms with Crippen LogP contribution in [0.1, 0.15) is 58.3 Å². The molecule has 2 bridgehead atoms. The van der Waals surface area contributed by atoms with E-state index >= 15 is 0 Å². The molecule has 174 valence electrons. The van der Waals surface area contributed by atoms with Gasteiger partial charge in [-0.1, -0.05) is 6.92 Å². The van der Waals surface area contributed by atoms with E-state index in [-0.39, 0.29) is 48.1 Å². The minimum atomic E-state index is -1.07. The van der Waals surface area contributed by atoms with Crippen molar-refractivity contribution < 1.29 is 18.7 Å². The van der Waals surface area contributed by atoms with Crippen LogP contribution in [0.4, 0.5) is 4.39 Å². The predicted octanol–water partition coefficient (Wildman–Crippen LogP) is 1.44. The molecule has 0 aromatic rings. The van der Waals surface area contributed by atoms with Gasteiger partial charge < -0.3 is 15.4 Å². The number of ether oxygens (including phenoxy) is 1. The van der Waals surface area contributed by atoms with Crippen molar-refractivity contribution in [3.8, 4) is 0 Å². The van der Waals surface area contributed by atoms with Gasteiger partial charge >= 0.3 is 0 Å². The van der Waals surface area contributed by atoms with Gasteiger partial charge in [0.05, 0.1) is 17.6 Å². The van der Waals surface area contributed by atoms with Crippen LogP contribution in [0.5, 0.6) is 0 Å². The molecule has 6 atom stereocenters. The summed E-state index contributed by atoms with van der Waals surface area (Å²) in [6.45, 7) is 4.07. The highest BCUT2D eigenvalue weighted by Gasteiger charge is 2.69. The zero-order valence-corrected chi connectivity index (χ0v) is 18.9. The zero-order chi connectivity index (χ0) is 21.8. The van der Waals surface area contributed by atoms with E-state index in [2.05, 4.69) is 27.8 Å². The van der Waals surface area contributed by atoms with Crippen LogP contribution in [0, 0.1) is 5.92 Å². The number of hydrogen-bond acceptors (Lipinski definition) is 5. The number of fused-ring (bicyclic) bond motifs is 1. The number of nitrogens with zero attached hydrogens (tertiary/aromatic N) is 1. The Morgan fingerprint density at radius 1 is 1.16 bits per heavy atom. The summed E-state index contributed by atoms with van der Waals surface area (Å²) in [7, 11) is 0. The third-order valence-corrected chi connectivity index (χ3v) is 8.51. The summed E-state index contributed by atoms with van der Waals surface area (Å²) in [5, 5.41) is 9.38. The first kappa shape index (κ1) is 21.9. The van der Waals surface area contributed by atoms with E-state index < -0.39 is 11.5 Å². The molecule has 0 radical (unpaired) electrons. The molecular formula is C22H34ClFN4O3. The Morgan fingerprint density at radius 3 is 2.65 bits per heavy atom. The molecule has 6 unspecified atom stereocenters. The molecule has 2 heterocycles. The molecule has 9 heteroatoms. The predicted molar refractivity (Wildman–Crippen MR) is 114 cm³/mol. The minimum absolute atomic E-state index is 0.0485. The molecule has 0 spiro atoms. The molecule has 4 saturated carbocycles. The lowest BCUT2D eigenvalue weighted by atomic mass is 9.44. The molecule has 0 aromatic carbocycles. The second-order valence-corrected chi connectivity index (χ2v) is 11.3. The van der Waals surface area contributed by atoms with Crippen LogP contribution in [0.2, 0.25) is 0 Å². The fourth-order valence-electron chi connectivity index (χ4n) is 6.38. The lowest BCUT2D eigenvalue weighted by Crippen LogP contribution is -2.84. The third-order valence-electron chi connectivity index (χ3n) is 8.02. The summed E-state index contributed by atoms with van der Waals surface area (Å²) in [5.74, 6) is 0.626. The van der Waals surface area contributed by atoms with E-state index in [0.717, 1.165) is 38.8 Å². The Bertz CT molecular complexity index is 720. The molecule has 31 heavy (non-hydrogen) atoms. The van der Waals surface area contributed by atoms with Crippen molar-refractivity contribution in [1.29, 1.82) is 0 Å².